The highest BCUT2D eigenvalue weighted by atomic mass is 19.4. The number of rotatable bonds is 8. The Balaban J connectivity index is 2.21. The van der Waals surface area contributed by atoms with Gasteiger partial charge in [-0.15, -0.1) is 0 Å². The van der Waals surface area contributed by atoms with E-state index in [1.807, 2.05) is 19.0 Å². The van der Waals surface area contributed by atoms with E-state index < -0.39 is 11.7 Å². The molecule has 0 fully saturated rings. The van der Waals surface area contributed by atoms with E-state index in [9.17, 15) is 18.0 Å². The summed E-state index contributed by atoms with van der Waals surface area (Å²) in [6.07, 6.45) is -0.854. The van der Waals surface area contributed by atoms with E-state index >= 15 is 0 Å². The second-order valence-corrected chi connectivity index (χ2v) is 6.60. The van der Waals surface area contributed by atoms with Gasteiger partial charge in [0.05, 0.1) is 12.1 Å². The van der Waals surface area contributed by atoms with Crippen LogP contribution in [0.5, 0.6) is 0 Å². The lowest BCUT2D eigenvalue weighted by atomic mass is 10.1. The first-order valence-corrected chi connectivity index (χ1v) is 8.80. The lowest BCUT2D eigenvalue weighted by molar-refractivity contribution is -0.138. The number of benzene rings is 1. The lowest BCUT2D eigenvalue weighted by Gasteiger charge is -2.24. The zero-order valence-electron chi connectivity index (χ0n) is 15.8. The number of carbonyl (C=O) groups is 1. The summed E-state index contributed by atoms with van der Waals surface area (Å²) in [5.74, 6) is 0.551. The zero-order chi connectivity index (χ0) is 20.0. The van der Waals surface area contributed by atoms with E-state index in [4.69, 9.17) is 0 Å². The summed E-state index contributed by atoms with van der Waals surface area (Å²) >= 11 is 0. The largest absolute Gasteiger partial charge is 0.416 e. The van der Waals surface area contributed by atoms with Crippen LogP contribution in [0.3, 0.4) is 0 Å². The number of carbonyl (C=O) groups excluding carboxylic acids is 1. The fourth-order valence-corrected chi connectivity index (χ4v) is 2.76. The number of halogens is 3. The van der Waals surface area contributed by atoms with E-state index in [1.54, 1.807) is 34.9 Å². The number of amides is 1. The molecule has 0 spiro atoms. The predicted molar refractivity (Wildman–Crippen MR) is 97.0 cm³/mol. The van der Waals surface area contributed by atoms with Gasteiger partial charge >= 0.3 is 6.18 Å². The van der Waals surface area contributed by atoms with Crippen LogP contribution in [0.15, 0.2) is 36.7 Å². The maximum atomic E-state index is 13.2. The molecule has 0 bridgehead atoms. The first kappa shape index (κ1) is 21.0. The first-order chi connectivity index (χ1) is 12.7. The molecule has 1 aromatic heterocycles. The predicted octanol–water partition coefficient (Wildman–Crippen LogP) is 3.25. The molecule has 1 aromatic carbocycles. The lowest BCUT2D eigenvalue weighted by Crippen LogP contribution is -2.36. The highest BCUT2D eigenvalue weighted by Crippen LogP contribution is 2.32. The van der Waals surface area contributed by atoms with E-state index in [0.717, 1.165) is 6.07 Å². The van der Waals surface area contributed by atoms with Gasteiger partial charge in [0.1, 0.15) is 5.82 Å². The van der Waals surface area contributed by atoms with Crippen molar-refractivity contribution in [3.05, 3.63) is 53.6 Å². The molecule has 5 nitrogen and oxygen atoms in total. The van der Waals surface area contributed by atoms with Crippen molar-refractivity contribution >= 4 is 5.91 Å². The Morgan fingerprint density at radius 2 is 1.89 bits per heavy atom. The molecule has 0 N–H and O–H groups in total. The van der Waals surface area contributed by atoms with Crippen molar-refractivity contribution in [1.82, 2.24) is 19.4 Å². The molecule has 8 heteroatoms. The Kier molecular flexibility index (Phi) is 7.01. The molecule has 2 rings (SSSR count). The van der Waals surface area contributed by atoms with E-state index in [2.05, 4.69) is 4.98 Å². The summed E-state index contributed by atoms with van der Waals surface area (Å²) in [4.78, 5) is 20.2. The van der Waals surface area contributed by atoms with Gasteiger partial charge in [0.25, 0.3) is 0 Å². The van der Waals surface area contributed by atoms with Crippen molar-refractivity contribution in [2.45, 2.75) is 32.6 Å². The summed E-state index contributed by atoms with van der Waals surface area (Å²) in [6, 6.07) is 5.51. The minimum atomic E-state index is -4.41. The highest BCUT2D eigenvalue weighted by Gasteiger charge is 2.33. The number of likely N-dealkylation sites (N-methyl/N-ethyl adjacent to an activating group) is 1. The third kappa shape index (κ3) is 5.82. The Hall–Kier alpha value is -2.35. The summed E-state index contributed by atoms with van der Waals surface area (Å²) < 4.78 is 41.4. The topological polar surface area (TPSA) is 41.4 Å². The van der Waals surface area contributed by atoms with E-state index in [-0.39, 0.29) is 24.6 Å². The number of nitrogens with zero attached hydrogens (tertiary/aromatic N) is 4. The minimum absolute atomic E-state index is 0.0120. The second-order valence-electron chi connectivity index (χ2n) is 6.60. The second kappa shape index (κ2) is 9.03. The van der Waals surface area contributed by atoms with Gasteiger partial charge in [0.15, 0.2) is 0 Å². The molecule has 2 aromatic rings. The summed E-state index contributed by atoms with van der Waals surface area (Å²) in [5, 5.41) is 0. The van der Waals surface area contributed by atoms with Crippen LogP contribution >= 0.6 is 0 Å². The Morgan fingerprint density at radius 1 is 1.19 bits per heavy atom. The molecule has 0 aliphatic heterocycles. The van der Waals surface area contributed by atoms with Crippen LogP contribution in [0, 0.1) is 0 Å². The Bertz CT molecular complexity index is 755. The van der Waals surface area contributed by atoms with Gasteiger partial charge in [-0.3, -0.25) is 4.79 Å². The van der Waals surface area contributed by atoms with Crippen molar-refractivity contribution in [3.8, 4) is 0 Å². The van der Waals surface area contributed by atoms with Crippen molar-refractivity contribution in [2.75, 3.05) is 27.2 Å². The molecule has 27 heavy (non-hydrogen) atoms. The number of alkyl halides is 3. The van der Waals surface area contributed by atoms with Crippen LogP contribution in [0.4, 0.5) is 13.2 Å². The normalized spacial score (nSPS) is 11.8. The molecule has 0 aliphatic carbocycles. The van der Waals surface area contributed by atoms with E-state index in [0.29, 0.717) is 25.3 Å². The van der Waals surface area contributed by atoms with Crippen LogP contribution in [-0.2, 0) is 24.1 Å². The van der Waals surface area contributed by atoms with Gasteiger partial charge in [-0.2, -0.15) is 13.2 Å². The molecule has 0 radical (unpaired) electrons. The third-order valence-electron chi connectivity index (χ3n) is 4.27. The number of aromatic nitrogens is 2. The molecule has 1 heterocycles. The standard InChI is InChI=1S/C19H25F3N4O/c1-4-18(27)26(12-11-24(2)3)14-17-23-9-10-25(17)13-15-7-5-6-8-16(15)19(20,21)22/h5-10H,4,11-14H2,1-3H3. The Labute approximate surface area is 157 Å². The minimum Gasteiger partial charge on any atom is -0.334 e. The average molecular weight is 382 g/mol. The molecule has 0 saturated heterocycles. The third-order valence-corrected chi connectivity index (χ3v) is 4.27. The van der Waals surface area contributed by atoms with Gasteiger partial charge in [0, 0.05) is 38.4 Å². The molecule has 0 unspecified atom stereocenters. The quantitative estimate of drug-likeness (QED) is 0.704. The van der Waals surface area contributed by atoms with Crippen molar-refractivity contribution in [3.63, 3.8) is 0 Å². The zero-order valence-corrected chi connectivity index (χ0v) is 15.8. The maximum absolute atomic E-state index is 13.2. The van der Waals surface area contributed by atoms with Crippen molar-refractivity contribution in [2.24, 2.45) is 0 Å². The average Bonchev–Trinajstić information content (AvgIpc) is 3.04. The SMILES string of the molecule is CCC(=O)N(CCN(C)C)Cc1nccn1Cc1ccccc1C(F)(F)F. The van der Waals surface area contributed by atoms with Gasteiger partial charge in [-0.1, -0.05) is 25.1 Å². The molecular formula is C19H25F3N4O. The number of hydrogen-bond acceptors (Lipinski definition) is 3. The monoisotopic (exact) mass is 382 g/mol. The summed E-state index contributed by atoms with van der Waals surface area (Å²) in [5.41, 5.74) is -0.482. The maximum Gasteiger partial charge on any atom is 0.416 e. The summed E-state index contributed by atoms with van der Waals surface area (Å²) in [7, 11) is 3.84. The number of imidazole rings is 1. The fourth-order valence-electron chi connectivity index (χ4n) is 2.76. The molecule has 1 amide bonds. The van der Waals surface area contributed by atoms with Crippen molar-refractivity contribution < 1.29 is 18.0 Å². The van der Waals surface area contributed by atoms with Crippen molar-refractivity contribution in [1.29, 1.82) is 0 Å². The van der Waals surface area contributed by atoms with Gasteiger partial charge in [-0.25, -0.2) is 4.98 Å². The van der Waals surface area contributed by atoms with Crippen LogP contribution in [0.1, 0.15) is 30.3 Å². The van der Waals surface area contributed by atoms with Gasteiger partial charge in [0.2, 0.25) is 5.91 Å². The summed E-state index contributed by atoms with van der Waals surface area (Å²) in [6.45, 7) is 3.33. The Morgan fingerprint density at radius 3 is 2.52 bits per heavy atom. The molecule has 0 atom stereocenters. The van der Waals surface area contributed by atoms with Crippen LogP contribution in [0.2, 0.25) is 0 Å². The molecule has 148 valence electrons. The van der Waals surface area contributed by atoms with Gasteiger partial charge < -0.3 is 14.4 Å². The molecule has 0 saturated carbocycles. The fraction of sp³-hybridized carbons (Fsp3) is 0.474. The number of hydrogen-bond donors (Lipinski definition) is 0. The first-order valence-electron chi connectivity index (χ1n) is 8.80. The van der Waals surface area contributed by atoms with Gasteiger partial charge in [-0.05, 0) is 25.7 Å². The molecule has 0 aliphatic rings. The van der Waals surface area contributed by atoms with Crippen LogP contribution < -0.4 is 0 Å². The van der Waals surface area contributed by atoms with E-state index in [1.165, 1.54) is 12.1 Å². The molecular weight excluding hydrogens is 357 g/mol. The van der Waals surface area contributed by atoms with Crippen LogP contribution in [0.25, 0.3) is 0 Å². The highest BCUT2D eigenvalue weighted by molar-refractivity contribution is 5.75. The van der Waals surface area contributed by atoms with Crippen LogP contribution in [-0.4, -0.2) is 52.4 Å². The smallest absolute Gasteiger partial charge is 0.334 e.